The number of hydrogen-bond donors (Lipinski definition) is 1. The van der Waals surface area contributed by atoms with Gasteiger partial charge in [0.15, 0.2) is 0 Å². The Morgan fingerprint density at radius 1 is 1.00 bits per heavy atom. The Morgan fingerprint density at radius 2 is 1.78 bits per heavy atom. The smallest absolute Gasteiger partial charge is 0.0492 e. The van der Waals surface area contributed by atoms with Crippen molar-refractivity contribution in [3.63, 3.8) is 0 Å². The maximum atomic E-state index is 5.92. The predicted molar refractivity (Wildman–Crippen MR) is 78.8 cm³/mol. The molecular formula is C16H18N2. The van der Waals surface area contributed by atoms with E-state index in [-0.39, 0.29) is 0 Å². The number of unbranched alkanes of at least 4 members (excludes halogenated alkanes) is 1. The van der Waals surface area contributed by atoms with Crippen LogP contribution in [0.15, 0.2) is 42.5 Å². The largest absolute Gasteiger partial charge is 0.399 e. The summed E-state index contributed by atoms with van der Waals surface area (Å²) < 4.78 is 2.41. The molecule has 0 bridgehead atoms. The molecule has 92 valence electrons. The number of anilines is 1. The van der Waals surface area contributed by atoms with Gasteiger partial charge in [0.25, 0.3) is 0 Å². The first kappa shape index (κ1) is 11.1. The number of aryl methyl sites for hydroxylation is 1. The van der Waals surface area contributed by atoms with Crippen LogP contribution in [0, 0.1) is 0 Å². The van der Waals surface area contributed by atoms with E-state index in [1.165, 1.54) is 34.6 Å². The Hall–Kier alpha value is -1.96. The summed E-state index contributed by atoms with van der Waals surface area (Å²) in [5.74, 6) is 0. The molecule has 1 heterocycles. The highest BCUT2D eigenvalue weighted by Crippen LogP contribution is 2.30. The van der Waals surface area contributed by atoms with E-state index in [1.807, 2.05) is 6.07 Å². The number of nitrogen functional groups attached to an aromatic ring is 1. The number of benzene rings is 2. The normalized spacial score (nSPS) is 11.4. The second kappa shape index (κ2) is 4.37. The first-order valence-electron chi connectivity index (χ1n) is 6.57. The summed E-state index contributed by atoms with van der Waals surface area (Å²) >= 11 is 0. The van der Waals surface area contributed by atoms with Gasteiger partial charge < -0.3 is 10.3 Å². The molecule has 2 aromatic carbocycles. The lowest BCUT2D eigenvalue weighted by atomic mass is 10.1. The molecule has 0 saturated heterocycles. The molecule has 0 atom stereocenters. The third-order valence-electron chi connectivity index (χ3n) is 3.53. The van der Waals surface area contributed by atoms with Crippen molar-refractivity contribution in [3.8, 4) is 0 Å². The lowest BCUT2D eigenvalue weighted by molar-refractivity contribution is 0.665. The van der Waals surface area contributed by atoms with Crippen molar-refractivity contribution in [1.29, 1.82) is 0 Å². The van der Waals surface area contributed by atoms with Gasteiger partial charge in [-0.25, -0.2) is 0 Å². The van der Waals surface area contributed by atoms with E-state index < -0.39 is 0 Å². The maximum Gasteiger partial charge on any atom is 0.0492 e. The minimum absolute atomic E-state index is 0.834. The van der Waals surface area contributed by atoms with Gasteiger partial charge in [-0.3, -0.25) is 0 Å². The second-order valence-electron chi connectivity index (χ2n) is 4.80. The minimum Gasteiger partial charge on any atom is -0.399 e. The molecule has 1 aromatic heterocycles. The lowest BCUT2D eigenvalue weighted by Gasteiger charge is -2.06. The quantitative estimate of drug-likeness (QED) is 0.682. The molecule has 0 aliphatic rings. The fourth-order valence-electron chi connectivity index (χ4n) is 2.63. The summed E-state index contributed by atoms with van der Waals surface area (Å²) in [6.45, 7) is 3.30. The molecule has 0 aliphatic carbocycles. The molecule has 0 saturated carbocycles. The van der Waals surface area contributed by atoms with Crippen molar-refractivity contribution >= 4 is 27.5 Å². The maximum absolute atomic E-state index is 5.92. The number of para-hydroxylation sites is 1. The van der Waals surface area contributed by atoms with Crippen LogP contribution >= 0.6 is 0 Å². The van der Waals surface area contributed by atoms with Crippen LogP contribution in [0.3, 0.4) is 0 Å². The highest BCUT2D eigenvalue weighted by atomic mass is 15.0. The third kappa shape index (κ3) is 1.65. The minimum atomic E-state index is 0.834. The molecule has 0 amide bonds. The van der Waals surface area contributed by atoms with E-state index in [1.54, 1.807) is 0 Å². The van der Waals surface area contributed by atoms with Gasteiger partial charge in [-0.05, 0) is 30.7 Å². The van der Waals surface area contributed by atoms with Crippen LogP contribution in [0.1, 0.15) is 19.8 Å². The molecule has 18 heavy (non-hydrogen) atoms. The van der Waals surface area contributed by atoms with E-state index >= 15 is 0 Å². The fraction of sp³-hybridized carbons (Fsp3) is 0.250. The van der Waals surface area contributed by atoms with Crippen molar-refractivity contribution in [2.24, 2.45) is 0 Å². The average molecular weight is 238 g/mol. The molecule has 3 aromatic rings. The number of hydrogen-bond acceptors (Lipinski definition) is 1. The SMILES string of the molecule is CCCCn1c2ccccc2c2cc(N)ccc21. The molecule has 3 rings (SSSR count). The van der Waals surface area contributed by atoms with Gasteiger partial charge in [0, 0.05) is 34.0 Å². The van der Waals surface area contributed by atoms with Gasteiger partial charge in [0.2, 0.25) is 0 Å². The van der Waals surface area contributed by atoms with Crippen LogP contribution in [0.4, 0.5) is 5.69 Å². The second-order valence-corrected chi connectivity index (χ2v) is 4.80. The van der Waals surface area contributed by atoms with Crippen molar-refractivity contribution in [3.05, 3.63) is 42.5 Å². The van der Waals surface area contributed by atoms with E-state index in [2.05, 4.69) is 47.9 Å². The molecule has 0 spiro atoms. The summed E-state index contributed by atoms with van der Waals surface area (Å²) in [6.07, 6.45) is 2.42. The van der Waals surface area contributed by atoms with E-state index in [9.17, 15) is 0 Å². The topological polar surface area (TPSA) is 30.9 Å². The number of aromatic nitrogens is 1. The van der Waals surface area contributed by atoms with Gasteiger partial charge in [-0.2, -0.15) is 0 Å². The molecular weight excluding hydrogens is 220 g/mol. The zero-order chi connectivity index (χ0) is 12.5. The highest BCUT2D eigenvalue weighted by Gasteiger charge is 2.09. The molecule has 0 radical (unpaired) electrons. The van der Waals surface area contributed by atoms with Crippen molar-refractivity contribution in [2.45, 2.75) is 26.3 Å². The first-order chi connectivity index (χ1) is 8.81. The van der Waals surface area contributed by atoms with E-state index in [4.69, 9.17) is 5.73 Å². The molecule has 2 heteroatoms. The number of rotatable bonds is 3. The zero-order valence-electron chi connectivity index (χ0n) is 10.7. The van der Waals surface area contributed by atoms with Gasteiger partial charge in [0.05, 0.1) is 0 Å². The van der Waals surface area contributed by atoms with E-state index in [0.29, 0.717) is 0 Å². The summed E-state index contributed by atoms with van der Waals surface area (Å²) in [7, 11) is 0. The average Bonchev–Trinajstić information content (AvgIpc) is 2.70. The number of nitrogens with zero attached hydrogens (tertiary/aromatic N) is 1. The Bertz CT molecular complexity index is 695. The first-order valence-corrected chi connectivity index (χ1v) is 6.57. The summed E-state index contributed by atoms with van der Waals surface area (Å²) in [5.41, 5.74) is 9.35. The Kier molecular flexibility index (Phi) is 2.71. The summed E-state index contributed by atoms with van der Waals surface area (Å²) in [5, 5.41) is 2.57. The predicted octanol–water partition coefficient (Wildman–Crippen LogP) is 4.18. The van der Waals surface area contributed by atoms with Crippen LogP contribution in [-0.2, 0) is 6.54 Å². The zero-order valence-corrected chi connectivity index (χ0v) is 10.7. The van der Waals surface area contributed by atoms with Gasteiger partial charge >= 0.3 is 0 Å². The summed E-state index contributed by atoms with van der Waals surface area (Å²) in [4.78, 5) is 0. The number of fused-ring (bicyclic) bond motifs is 3. The number of nitrogens with two attached hydrogens (primary N) is 1. The molecule has 2 N–H and O–H groups in total. The Morgan fingerprint density at radius 3 is 2.61 bits per heavy atom. The van der Waals surface area contributed by atoms with Crippen molar-refractivity contribution in [2.75, 3.05) is 5.73 Å². The van der Waals surface area contributed by atoms with Crippen molar-refractivity contribution < 1.29 is 0 Å². The third-order valence-corrected chi connectivity index (χ3v) is 3.53. The molecule has 2 nitrogen and oxygen atoms in total. The van der Waals surface area contributed by atoms with Crippen molar-refractivity contribution in [1.82, 2.24) is 4.57 Å². The van der Waals surface area contributed by atoms with Crippen LogP contribution in [0.5, 0.6) is 0 Å². The summed E-state index contributed by atoms with van der Waals surface area (Å²) in [6, 6.07) is 14.8. The molecule has 0 aliphatic heterocycles. The van der Waals surface area contributed by atoms with Gasteiger partial charge in [-0.15, -0.1) is 0 Å². The van der Waals surface area contributed by atoms with Crippen LogP contribution in [0.25, 0.3) is 21.8 Å². The van der Waals surface area contributed by atoms with Crippen LogP contribution in [0.2, 0.25) is 0 Å². The fourth-order valence-corrected chi connectivity index (χ4v) is 2.63. The van der Waals surface area contributed by atoms with Gasteiger partial charge in [0.1, 0.15) is 0 Å². The van der Waals surface area contributed by atoms with Crippen LogP contribution in [-0.4, -0.2) is 4.57 Å². The Balaban J connectivity index is 2.34. The monoisotopic (exact) mass is 238 g/mol. The van der Waals surface area contributed by atoms with Crippen LogP contribution < -0.4 is 5.73 Å². The van der Waals surface area contributed by atoms with E-state index in [0.717, 1.165) is 12.2 Å². The Labute approximate surface area is 107 Å². The molecule has 0 fully saturated rings. The molecule has 0 unspecified atom stereocenters. The van der Waals surface area contributed by atoms with Gasteiger partial charge in [-0.1, -0.05) is 31.5 Å². The lowest BCUT2D eigenvalue weighted by Crippen LogP contribution is -1.96. The highest BCUT2D eigenvalue weighted by molar-refractivity contribution is 6.08. The standard InChI is InChI=1S/C16H18N2/c1-2-3-10-18-15-7-5-4-6-13(15)14-11-12(17)8-9-16(14)18/h4-9,11H,2-3,10,17H2,1H3.